The molecule has 2 aromatic heterocycles. The number of benzene rings is 2. The van der Waals surface area contributed by atoms with Crippen LogP contribution in [0.2, 0.25) is 0 Å². The van der Waals surface area contributed by atoms with Crippen molar-refractivity contribution in [1.29, 1.82) is 0 Å². The Morgan fingerprint density at radius 2 is 2.00 bits per heavy atom. The number of imidazole rings is 1. The number of urea groups is 1. The van der Waals surface area contributed by atoms with Crippen molar-refractivity contribution in [2.24, 2.45) is 0 Å². The number of fused-ring (bicyclic) bond motifs is 3. The van der Waals surface area contributed by atoms with Crippen LogP contribution in [-0.4, -0.2) is 45.8 Å². The van der Waals surface area contributed by atoms with Gasteiger partial charge in [-0.1, -0.05) is 24.3 Å². The topological polar surface area (TPSA) is 150 Å². The number of pyridine rings is 1. The third-order valence-corrected chi connectivity index (χ3v) is 5.63. The molecule has 0 atom stereocenters. The van der Waals surface area contributed by atoms with E-state index in [9.17, 15) is 14.9 Å². The molecule has 0 fully saturated rings. The number of aromatic nitrogens is 3. The van der Waals surface area contributed by atoms with Crippen LogP contribution in [0.3, 0.4) is 0 Å². The number of unbranched alkanes of at least 4 members (excludes halogenated alkanes) is 1. The van der Waals surface area contributed by atoms with Crippen LogP contribution < -0.4 is 16.4 Å². The number of methoxy groups -OCH3 is 1. The van der Waals surface area contributed by atoms with Crippen LogP contribution in [0.4, 0.5) is 22.0 Å². The van der Waals surface area contributed by atoms with Crippen LogP contribution >= 0.6 is 0 Å². The summed E-state index contributed by atoms with van der Waals surface area (Å²) >= 11 is 0. The predicted octanol–water partition coefficient (Wildman–Crippen LogP) is 3.87. The first-order valence-corrected chi connectivity index (χ1v) is 11.3. The number of amides is 2. The lowest BCUT2D eigenvalue weighted by molar-refractivity contribution is -0.384. The number of anilines is 2. The number of ether oxygens (including phenoxy) is 1. The quantitative estimate of drug-likeness (QED) is 0.178. The number of nitro groups is 1. The molecule has 2 heterocycles. The molecule has 0 bridgehead atoms. The third-order valence-electron chi connectivity index (χ3n) is 5.63. The molecule has 35 heavy (non-hydrogen) atoms. The normalized spacial score (nSPS) is 11.1. The summed E-state index contributed by atoms with van der Waals surface area (Å²) in [6.07, 6.45) is 2.16. The summed E-state index contributed by atoms with van der Waals surface area (Å²) in [7, 11) is 1.66. The van der Waals surface area contributed by atoms with Crippen LogP contribution in [0.5, 0.6) is 0 Å². The Bertz CT molecular complexity index is 1370. The highest BCUT2D eigenvalue weighted by Gasteiger charge is 2.17. The molecule has 2 aromatic carbocycles. The Morgan fingerprint density at radius 1 is 1.17 bits per heavy atom. The molecule has 182 valence electrons. The minimum absolute atomic E-state index is 0.0806. The Hall–Kier alpha value is -4.25. The van der Waals surface area contributed by atoms with E-state index in [-0.39, 0.29) is 5.69 Å². The molecule has 2 amide bonds. The fraction of sp³-hybridized carbons (Fsp3) is 0.292. The number of para-hydroxylation sites is 1. The summed E-state index contributed by atoms with van der Waals surface area (Å²) in [5, 5.41) is 17.3. The molecule has 4 N–H and O–H groups in total. The van der Waals surface area contributed by atoms with E-state index >= 15 is 0 Å². The SMILES string of the molecule is COCCc1nc2c(N)nc3ccccc3c2n1CCCCNC(=O)Nc1cccc([N+](=O)[O-])c1. The zero-order chi connectivity index (χ0) is 24.8. The lowest BCUT2D eigenvalue weighted by atomic mass is 10.2. The molecular weight excluding hydrogens is 450 g/mol. The summed E-state index contributed by atoms with van der Waals surface area (Å²) in [5.41, 5.74) is 8.96. The van der Waals surface area contributed by atoms with E-state index in [1.165, 1.54) is 18.2 Å². The van der Waals surface area contributed by atoms with Gasteiger partial charge in [-0.3, -0.25) is 10.1 Å². The average Bonchev–Trinajstić information content (AvgIpc) is 3.22. The Labute approximate surface area is 201 Å². The monoisotopic (exact) mass is 477 g/mol. The van der Waals surface area contributed by atoms with E-state index in [0.717, 1.165) is 35.1 Å². The van der Waals surface area contributed by atoms with Gasteiger partial charge in [0, 0.05) is 49.8 Å². The van der Waals surface area contributed by atoms with Gasteiger partial charge in [0.1, 0.15) is 11.3 Å². The minimum Gasteiger partial charge on any atom is -0.384 e. The molecule has 4 rings (SSSR count). The smallest absolute Gasteiger partial charge is 0.319 e. The number of carbonyl (C=O) groups excluding carboxylic acids is 1. The first kappa shape index (κ1) is 23.9. The highest BCUT2D eigenvalue weighted by Crippen LogP contribution is 2.29. The van der Waals surface area contributed by atoms with Gasteiger partial charge in [-0.05, 0) is 25.0 Å². The van der Waals surface area contributed by atoms with E-state index in [1.807, 2.05) is 24.3 Å². The fourth-order valence-electron chi connectivity index (χ4n) is 4.00. The Balaban J connectivity index is 1.41. The lowest BCUT2D eigenvalue weighted by Crippen LogP contribution is -2.29. The summed E-state index contributed by atoms with van der Waals surface area (Å²) in [4.78, 5) is 31.8. The van der Waals surface area contributed by atoms with Gasteiger partial charge < -0.3 is 25.7 Å². The Morgan fingerprint density at radius 3 is 2.80 bits per heavy atom. The number of nitrogen functional groups attached to an aromatic ring is 1. The van der Waals surface area contributed by atoms with E-state index in [1.54, 1.807) is 13.2 Å². The highest BCUT2D eigenvalue weighted by atomic mass is 16.6. The maximum absolute atomic E-state index is 12.2. The largest absolute Gasteiger partial charge is 0.384 e. The number of nitrogens with one attached hydrogen (secondary N) is 2. The first-order chi connectivity index (χ1) is 17.0. The van der Waals surface area contributed by atoms with Gasteiger partial charge in [0.2, 0.25) is 0 Å². The zero-order valence-electron chi connectivity index (χ0n) is 19.4. The number of non-ortho nitro benzene ring substituents is 1. The third kappa shape index (κ3) is 5.46. The van der Waals surface area contributed by atoms with Gasteiger partial charge in [0.15, 0.2) is 5.82 Å². The van der Waals surface area contributed by atoms with Gasteiger partial charge >= 0.3 is 6.03 Å². The highest BCUT2D eigenvalue weighted by molar-refractivity contribution is 6.06. The van der Waals surface area contributed by atoms with E-state index in [0.29, 0.717) is 43.1 Å². The molecule has 11 nitrogen and oxygen atoms in total. The molecule has 0 aliphatic rings. The maximum Gasteiger partial charge on any atom is 0.319 e. The van der Waals surface area contributed by atoms with Gasteiger partial charge in [-0.15, -0.1) is 0 Å². The van der Waals surface area contributed by atoms with Crippen molar-refractivity contribution >= 4 is 45.2 Å². The van der Waals surface area contributed by atoms with Crippen molar-refractivity contribution in [2.45, 2.75) is 25.8 Å². The van der Waals surface area contributed by atoms with E-state index < -0.39 is 11.0 Å². The summed E-state index contributed by atoms with van der Waals surface area (Å²) in [6, 6.07) is 13.2. The summed E-state index contributed by atoms with van der Waals surface area (Å²) in [6.45, 7) is 1.68. The van der Waals surface area contributed by atoms with E-state index in [4.69, 9.17) is 15.5 Å². The number of rotatable bonds is 10. The lowest BCUT2D eigenvalue weighted by Gasteiger charge is -2.11. The molecule has 0 aliphatic carbocycles. The van der Waals surface area contributed by atoms with Crippen LogP contribution in [0, 0.1) is 10.1 Å². The molecule has 0 spiro atoms. The number of nitro benzene ring substituents is 1. The van der Waals surface area contributed by atoms with Crippen molar-refractivity contribution in [3.63, 3.8) is 0 Å². The van der Waals surface area contributed by atoms with Crippen molar-refractivity contribution < 1.29 is 14.5 Å². The van der Waals surface area contributed by atoms with Crippen molar-refractivity contribution in [2.75, 3.05) is 31.3 Å². The second kappa shape index (κ2) is 10.8. The van der Waals surface area contributed by atoms with E-state index in [2.05, 4.69) is 20.2 Å². The van der Waals surface area contributed by atoms with Crippen LogP contribution in [0.1, 0.15) is 18.7 Å². The van der Waals surface area contributed by atoms with Gasteiger partial charge in [0.05, 0.1) is 22.6 Å². The summed E-state index contributed by atoms with van der Waals surface area (Å²) < 4.78 is 7.43. The fourth-order valence-corrected chi connectivity index (χ4v) is 4.00. The number of aryl methyl sites for hydroxylation is 1. The molecule has 4 aromatic rings. The first-order valence-electron chi connectivity index (χ1n) is 11.3. The molecule has 11 heteroatoms. The average molecular weight is 478 g/mol. The summed E-state index contributed by atoms with van der Waals surface area (Å²) in [5.74, 6) is 1.28. The second-order valence-corrected chi connectivity index (χ2v) is 8.03. The van der Waals surface area contributed by atoms with Crippen LogP contribution in [-0.2, 0) is 17.7 Å². The number of nitrogens with two attached hydrogens (primary N) is 1. The number of carbonyl (C=O) groups is 1. The number of nitrogens with zero attached hydrogens (tertiary/aromatic N) is 4. The van der Waals surface area contributed by atoms with Crippen molar-refractivity contribution in [3.8, 4) is 0 Å². The minimum atomic E-state index is -0.503. The van der Waals surface area contributed by atoms with Crippen LogP contribution in [0.15, 0.2) is 48.5 Å². The molecule has 0 saturated carbocycles. The van der Waals surface area contributed by atoms with Gasteiger partial charge in [-0.2, -0.15) is 0 Å². The predicted molar refractivity (Wildman–Crippen MR) is 134 cm³/mol. The zero-order valence-corrected chi connectivity index (χ0v) is 19.4. The van der Waals surface area contributed by atoms with Crippen molar-refractivity contribution in [3.05, 3.63) is 64.5 Å². The molecule has 0 radical (unpaired) electrons. The molecule has 0 unspecified atom stereocenters. The molecular formula is C24H27N7O4. The van der Waals surface area contributed by atoms with Gasteiger partial charge in [0.25, 0.3) is 5.69 Å². The molecule has 0 saturated heterocycles. The van der Waals surface area contributed by atoms with Crippen LogP contribution in [0.25, 0.3) is 21.9 Å². The number of hydrogen-bond donors (Lipinski definition) is 3. The van der Waals surface area contributed by atoms with Crippen molar-refractivity contribution in [1.82, 2.24) is 19.9 Å². The number of hydrogen-bond acceptors (Lipinski definition) is 7. The standard InChI is InChI=1S/C24H27N7O4/c1-35-14-11-20-29-21-22(18-9-2-3-10-19(18)28-23(21)25)30(20)13-5-4-12-26-24(32)27-16-7-6-8-17(15-16)31(33)34/h2-3,6-10,15H,4-5,11-14H2,1H3,(H2,25,28)(H2,26,27,32). The molecule has 0 aliphatic heterocycles. The second-order valence-electron chi connectivity index (χ2n) is 8.03. The Kier molecular flexibility index (Phi) is 7.36. The van der Waals surface area contributed by atoms with Gasteiger partial charge in [-0.25, -0.2) is 14.8 Å². The maximum atomic E-state index is 12.2.